The topological polar surface area (TPSA) is 62.1 Å². The van der Waals surface area contributed by atoms with Crippen LogP contribution in [0.3, 0.4) is 0 Å². The molecule has 0 bridgehead atoms. The highest BCUT2D eigenvalue weighted by Crippen LogP contribution is 2.28. The lowest BCUT2D eigenvalue weighted by atomic mass is 9.81. The van der Waals surface area contributed by atoms with E-state index in [2.05, 4.69) is 11.4 Å². The van der Waals surface area contributed by atoms with Crippen molar-refractivity contribution in [3.05, 3.63) is 0 Å². The fourth-order valence-corrected chi connectivity index (χ4v) is 2.16. The van der Waals surface area contributed by atoms with Gasteiger partial charge in [-0.25, -0.2) is 0 Å². The second-order valence-electron chi connectivity index (χ2n) is 4.62. The smallest absolute Gasteiger partial charge is 0.240 e. The van der Waals surface area contributed by atoms with Crippen LogP contribution in [0.4, 0.5) is 0 Å². The molecule has 1 aliphatic carbocycles. The van der Waals surface area contributed by atoms with Gasteiger partial charge in [-0.05, 0) is 32.6 Å². The highest BCUT2D eigenvalue weighted by Gasteiger charge is 2.39. The van der Waals surface area contributed by atoms with Gasteiger partial charge in [-0.15, -0.1) is 0 Å². The van der Waals surface area contributed by atoms with Gasteiger partial charge in [-0.3, -0.25) is 4.79 Å². The van der Waals surface area contributed by atoms with Crippen LogP contribution in [-0.4, -0.2) is 24.7 Å². The molecule has 1 rings (SSSR count). The Labute approximate surface area is 103 Å². The van der Waals surface area contributed by atoms with E-state index in [0.717, 1.165) is 19.4 Å². The van der Waals surface area contributed by atoms with E-state index in [0.29, 0.717) is 12.8 Å². The first kappa shape index (κ1) is 14.0. The third kappa shape index (κ3) is 2.98. The van der Waals surface area contributed by atoms with E-state index < -0.39 is 5.41 Å². The normalized spacial score (nSPS) is 23.6. The van der Waals surface area contributed by atoms with Crippen LogP contribution in [-0.2, 0) is 9.53 Å². The molecule has 4 heteroatoms. The van der Waals surface area contributed by atoms with Crippen LogP contribution in [0.15, 0.2) is 0 Å². The van der Waals surface area contributed by atoms with Gasteiger partial charge >= 0.3 is 0 Å². The summed E-state index contributed by atoms with van der Waals surface area (Å²) in [6, 6.07) is 2.35. The second-order valence-corrected chi connectivity index (χ2v) is 4.62. The number of hydrogen-bond acceptors (Lipinski definition) is 3. The highest BCUT2D eigenvalue weighted by molar-refractivity contribution is 5.85. The van der Waals surface area contributed by atoms with Gasteiger partial charge in [0.2, 0.25) is 5.91 Å². The van der Waals surface area contributed by atoms with Crippen molar-refractivity contribution < 1.29 is 9.53 Å². The molecule has 0 unspecified atom stereocenters. The van der Waals surface area contributed by atoms with Crippen LogP contribution in [0.25, 0.3) is 0 Å². The van der Waals surface area contributed by atoms with Crippen LogP contribution in [0.2, 0.25) is 0 Å². The van der Waals surface area contributed by atoms with E-state index in [9.17, 15) is 4.79 Å². The summed E-state index contributed by atoms with van der Waals surface area (Å²) in [5.41, 5.74) is -0.850. The summed E-state index contributed by atoms with van der Waals surface area (Å²) >= 11 is 0. The second kappa shape index (κ2) is 6.02. The van der Waals surface area contributed by atoms with E-state index in [1.807, 2.05) is 20.8 Å². The van der Waals surface area contributed by atoms with Gasteiger partial charge in [0, 0.05) is 12.6 Å². The molecule has 1 amide bonds. The quantitative estimate of drug-likeness (QED) is 0.769. The first-order valence-electron chi connectivity index (χ1n) is 6.45. The molecule has 4 nitrogen and oxygen atoms in total. The van der Waals surface area contributed by atoms with Crippen LogP contribution in [0.5, 0.6) is 0 Å². The lowest BCUT2D eigenvalue weighted by Gasteiger charge is -2.37. The summed E-state index contributed by atoms with van der Waals surface area (Å²) in [6.07, 6.45) is 3.15. The molecule has 1 saturated carbocycles. The van der Waals surface area contributed by atoms with E-state index in [1.54, 1.807) is 0 Å². The predicted molar refractivity (Wildman–Crippen MR) is 65.2 cm³/mol. The molecule has 0 atom stereocenters. The summed E-state index contributed by atoms with van der Waals surface area (Å²) in [4.78, 5) is 12.1. The van der Waals surface area contributed by atoms with E-state index in [-0.39, 0.29) is 18.1 Å². The Morgan fingerprint density at radius 3 is 2.41 bits per heavy atom. The molecule has 1 N–H and O–H groups in total. The third-order valence-corrected chi connectivity index (χ3v) is 3.69. The van der Waals surface area contributed by atoms with Crippen molar-refractivity contribution in [1.29, 1.82) is 5.26 Å². The Morgan fingerprint density at radius 1 is 1.41 bits per heavy atom. The highest BCUT2D eigenvalue weighted by atomic mass is 16.5. The number of carbonyl (C=O) groups excluding carboxylic acids is 1. The molecule has 0 spiro atoms. The van der Waals surface area contributed by atoms with Gasteiger partial charge in [0.1, 0.15) is 5.41 Å². The molecule has 0 radical (unpaired) electrons. The Hall–Kier alpha value is -1.08. The van der Waals surface area contributed by atoms with E-state index >= 15 is 0 Å². The molecule has 0 aromatic carbocycles. The first-order chi connectivity index (χ1) is 8.11. The minimum absolute atomic E-state index is 0.120. The van der Waals surface area contributed by atoms with E-state index in [1.165, 1.54) is 0 Å². The molecule has 0 aromatic rings. The van der Waals surface area contributed by atoms with Crippen LogP contribution in [0, 0.1) is 16.7 Å². The summed E-state index contributed by atoms with van der Waals surface area (Å²) < 4.78 is 5.44. The van der Waals surface area contributed by atoms with Crippen LogP contribution >= 0.6 is 0 Å². The summed E-state index contributed by atoms with van der Waals surface area (Å²) in [5, 5.41) is 12.1. The zero-order chi connectivity index (χ0) is 12.9. The molecule has 1 fully saturated rings. The van der Waals surface area contributed by atoms with Crippen LogP contribution < -0.4 is 5.32 Å². The maximum Gasteiger partial charge on any atom is 0.240 e. The van der Waals surface area contributed by atoms with E-state index in [4.69, 9.17) is 10.00 Å². The summed E-state index contributed by atoms with van der Waals surface area (Å²) in [5.74, 6) is -0.120. The summed E-state index contributed by atoms with van der Waals surface area (Å²) in [6.45, 7) is 6.46. The standard InChI is InChI=1S/C13H22N2O2/c1-4-13(5-2,9-14)12(16)15-10-7-11(8-10)17-6-3/h10-11H,4-8H2,1-3H3,(H,15,16). The Bertz CT molecular complexity index is 299. The Kier molecular flexibility index (Phi) is 4.95. The number of nitrogens with one attached hydrogen (secondary N) is 1. The summed E-state index contributed by atoms with van der Waals surface area (Å²) in [7, 11) is 0. The van der Waals surface area contributed by atoms with Crippen molar-refractivity contribution in [2.75, 3.05) is 6.61 Å². The first-order valence-corrected chi connectivity index (χ1v) is 6.45. The molecule has 0 heterocycles. The monoisotopic (exact) mass is 238 g/mol. The molecular formula is C13H22N2O2. The van der Waals surface area contributed by atoms with Crippen molar-refractivity contribution in [1.82, 2.24) is 5.32 Å². The average Bonchev–Trinajstić information content (AvgIpc) is 2.29. The minimum atomic E-state index is -0.850. The molecule has 0 saturated heterocycles. The molecule has 1 aliphatic rings. The fraction of sp³-hybridized carbons (Fsp3) is 0.846. The number of rotatable bonds is 6. The SMILES string of the molecule is CCOC1CC(NC(=O)C(C#N)(CC)CC)C1. The fourth-order valence-electron chi connectivity index (χ4n) is 2.16. The maximum atomic E-state index is 12.1. The maximum absolute atomic E-state index is 12.1. The molecule has 17 heavy (non-hydrogen) atoms. The number of carbonyl (C=O) groups is 1. The van der Waals surface area contributed by atoms with Gasteiger partial charge in [0.15, 0.2) is 0 Å². The third-order valence-electron chi connectivity index (χ3n) is 3.69. The molecular weight excluding hydrogens is 216 g/mol. The minimum Gasteiger partial charge on any atom is -0.378 e. The number of amides is 1. The van der Waals surface area contributed by atoms with Crippen LogP contribution in [0.1, 0.15) is 46.5 Å². The van der Waals surface area contributed by atoms with Crippen molar-refractivity contribution >= 4 is 5.91 Å². The largest absolute Gasteiger partial charge is 0.378 e. The van der Waals surface area contributed by atoms with Gasteiger partial charge < -0.3 is 10.1 Å². The average molecular weight is 238 g/mol. The van der Waals surface area contributed by atoms with Crippen molar-refractivity contribution in [2.45, 2.75) is 58.6 Å². The lowest BCUT2D eigenvalue weighted by Crippen LogP contribution is -2.52. The van der Waals surface area contributed by atoms with Crippen molar-refractivity contribution in [3.63, 3.8) is 0 Å². The van der Waals surface area contributed by atoms with Gasteiger partial charge in [0.25, 0.3) is 0 Å². The Morgan fingerprint density at radius 2 is 2.00 bits per heavy atom. The van der Waals surface area contributed by atoms with Gasteiger partial charge in [-0.1, -0.05) is 13.8 Å². The number of ether oxygens (including phenoxy) is 1. The predicted octanol–water partition coefficient (Wildman–Crippen LogP) is 2.00. The van der Waals surface area contributed by atoms with Crippen molar-refractivity contribution in [2.24, 2.45) is 5.41 Å². The Balaban J connectivity index is 2.43. The number of nitrogens with zero attached hydrogens (tertiary/aromatic N) is 1. The number of nitriles is 1. The van der Waals surface area contributed by atoms with Crippen molar-refractivity contribution in [3.8, 4) is 6.07 Å². The lowest BCUT2D eigenvalue weighted by molar-refractivity contribution is -0.131. The molecule has 0 aliphatic heterocycles. The van der Waals surface area contributed by atoms with Gasteiger partial charge in [-0.2, -0.15) is 5.26 Å². The zero-order valence-electron chi connectivity index (χ0n) is 11.0. The molecule has 0 aromatic heterocycles. The zero-order valence-corrected chi connectivity index (χ0v) is 11.0. The number of hydrogen-bond donors (Lipinski definition) is 1. The van der Waals surface area contributed by atoms with Gasteiger partial charge in [0.05, 0.1) is 12.2 Å². The molecule has 96 valence electrons.